The Balaban J connectivity index is 0.000000162. The number of carbonyl (C=O) groups excluding carboxylic acids is 1. The molecule has 3 heterocycles. The van der Waals surface area contributed by atoms with E-state index >= 15 is 0 Å². The third-order valence-corrected chi connectivity index (χ3v) is 8.40. The Kier molecular flexibility index (Phi) is 8.54. The van der Waals surface area contributed by atoms with Gasteiger partial charge in [0.05, 0.1) is 26.2 Å². The average Bonchev–Trinajstić information content (AvgIpc) is 3.63. The summed E-state index contributed by atoms with van der Waals surface area (Å²) >= 11 is 9.37. The second kappa shape index (κ2) is 12.2. The minimum absolute atomic E-state index is 0.319. The van der Waals surface area contributed by atoms with E-state index in [4.69, 9.17) is 31.5 Å². The predicted molar refractivity (Wildman–Crippen MR) is 163 cm³/mol. The molecule has 10 heteroatoms. The van der Waals surface area contributed by atoms with Crippen LogP contribution in [0.3, 0.4) is 0 Å². The number of ether oxygens (including phenoxy) is 3. The third kappa shape index (κ3) is 5.63. The number of rotatable bonds is 7. The normalized spacial score (nSPS) is 12.5. The first kappa shape index (κ1) is 27.9. The third-order valence-electron chi connectivity index (χ3n) is 6.44. The number of nitrogen functional groups attached to an aromatic ring is 1. The van der Waals surface area contributed by atoms with Crippen molar-refractivity contribution in [2.45, 2.75) is 25.7 Å². The van der Waals surface area contributed by atoms with Crippen molar-refractivity contribution in [2.24, 2.45) is 0 Å². The van der Waals surface area contributed by atoms with Gasteiger partial charge < -0.3 is 19.9 Å². The molecule has 1 aliphatic rings. The van der Waals surface area contributed by atoms with E-state index in [1.54, 1.807) is 32.5 Å². The largest absolute Gasteiger partial charge is 0.496 e. The zero-order chi connectivity index (χ0) is 28.2. The number of anilines is 1. The van der Waals surface area contributed by atoms with Crippen molar-refractivity contribution in [1.29, 1.82) is 0 Å². The van der Waals surface area contributed by atoms with Gasteiger partial charge in [-0.05, 0) is 31.9 Å². The van der Waals surface area contributed by atoms with Crippen LogP contribution in [0.4, 0.5) is 5.00 Å². The van der Waals surface area contributed by atoms with Crippen LogP contribution in [0.5, 0.6) is 11.5 Å². The number of benzene rings is 2. The Hall–Kier alpha value is -3.66. The molecule has 0 bridgehead atoms. The van der Waals surface area contributed by atoms with Crippen LogP contribution in [0, 0.1) is 0 Å². The molecule has 1 saturated carbocycles. The molecule has 5 aromatic rings. The van der Waals surface area contributed by atoms with Crippen LogP contribution in [-0.2, 0) is 4.74 Å². The van der Waals surface area contributed by atoms with Gasteiger partial charge >= 0.3 is 5.97 Å². The molecule has 0 spiro atoms. The van der Waals surface area contributed by atoms with Gasteiger partial charge in [-0.15, -0.1) is 22.7 Å². The molecule has 0 unspecified atom stereocenters. The fourth-order valence-corrected chi connectivity index (χ4v) is 6.44. The second-order valence-electron chi connectivity index (χ2n) is 8.99. The lowest BCUT2D eigenvalue weighted by molar-refractivity contribution is 0.0529. The van der Waals surface area contributed by atoms with E-state index in [0.717, 1.165) is 44.0 Å². The van der Waals surface area contributed by atoms with Crippen LogP contribution in [0.1, 0.15) is 41.9 Å². The lowest BCUT2D eigenvalue weighted by Gasteiger charge is -2.09. The molecule has 3 aromatic heterocycles. The average molecular weight is 594 g/mol. The summed E-state index contributed by atoms with van der Waals surface area (Å²) in [5, 5.41) is 5.86. The summed E-state index contributed by atoms with van der Waals surface area (Å²) in [7, 11) is 3.27. The Morgan fingerprint density at radius 1 is 0.925 bits per heavy atom. The van der Waals surface area contributed by atoms with Crippen molar-refractivity contribution in [3.8, 4) is 33.8 Å². The number of para-hydroxylation sites is 2. The summed E-state index contributed by atoms with van der Waals surface area (Å²) in [4.78, 5) is 22.1. The summed E-state index contributed by atoms with van der Waals surface area (Å²) in [6.07, 6.45) is 2.35. The highest BCUT2D eigenvalue weighted by atomic mass is 35.5. The summed E-state index contributed by atoms with van der Waals surface area (Å²) < 4.78 is 15.8. The molecule has 0 atom stereocenters. The van der Waals surface area contributed by atoms with Gasteiger partial charge in [0.2, 0.25) is 0 Å². The van der Waals surface area contributed by atoms with E-state index in [1.807, 2.05) is 53.9 Å². The maximum Gasteiger partial charge on any atom is 0.341 e. The highest BCUT2D eigenvalue weighted by Gasteiger charge is 2.28. The summed E-state index contributed by atoms with van der Waals surface area (Å²) in [5.74, 6) is 2.53. The van der Waals surface area contributed by atoms with Crippen molar-refractivity contribution >= 4 is 55.5 Å². The summed E-state index contributed by atoms with van der Waals surface area (Å²) in [6.45, 7) is 2.09. The number of nitrogens with zero attached hydrogens (tertiary/aromatic N) is 2. The molecule has 7 nitrogen and oxygen atoms in total. The van der Waals surface area contributed by atoms with E-state index in [1.165, 1.54) is 24.2 Å². The maximum absolute atomic E-state index is 12.0. The predicted octanol–water partition coefficient (Wildman–Crippen LogP) is 8.08. The zero-order valence-corrected chi connectivity index (χ0v) is 24.7. The van der Waals surface area contributed by atoms with Gasteiger partial charge in [0.1, 0.15) is 37.9 Å². The van der Waals surface area contributed by atoms with Crippen LogP contribution in [0.2, 0.25) is 5.15 Å². The van der Waals surface area contributed by atoms with Gasteiger partial charge in [-0.3, -0.25) is 0 Å². The fraction of sp³-hybridized carbons (Fsp3) is 0.233. The molecule has 6 rings (SSSR count). The number of thiophene rings is 2. The molecule has 0 radical (unpaired) electrons. The van der Waals surface area contributed by atoms with Gasteiger partial charge in [-0.25, -0.2) is 14.8 Å². The zero-order valence-electron chi connectivity index (χ0n) is 22.3. The van der Waals surface area contributed by atoms with Crippen molar-refractivity contribution in [3.63, 3.8) is 0 Å². The number of hydrogen-bond acceptors (Lipinski definition) is 9. The molecule has 2 N–H and O–H groups in total. The Bertz CT molecular complexity index is 1660. The first-order valence-corrected chi connectivity index (χ1v) is 14.9. The Morgan fingerprint density at radius 2 is 1.52 bits per heavy atom. The van der Waals surface area contributed by atoms with Crippen molar-refractivity contribution in [1.82, 2.24) is 9.97 Å². The van der Waals surface area contributed by atoms with E-state index in [9.17, 15) is 4.79 Å². The highest BCUT2D eigenvalue weighted by Crippen LogP contribution is 2.44. The Labute approximate surface area is 245 Å². The second-order valence-corrected chi connectivity index (χ2v) is 11.1. The van der Waals surface area contributed by atoms with Crippen molar-refractivity contribution < 1.29 is 19.0 Å². The first-order valence-electron chi connectivity index (χ1n) is 12.7. The van der Waals surface area contributed by atoms with E-state index in [0.29, 0.717) is 34.0 Å². The minimum atomic E-state index is -0.401. The smallest absolute Gasteiger partial charge is 0.341 e. The summed E-state index contributed by atoms with van der Waals surface area (Å²) in [5.41, 5.74) is 9.94. The summed E-state index contributed by atoms with van der Waals surface area (Å²) in [6, 6.07) is 15.4. The highest BCUT2D eigenvalue weighted by molar-refractivity contribution is 7.17. The van der Waals surface area contributed by atoms with E-state index in [2.05, 4.69) is 15.3 Å². The molecule has 0 saturated heterocycles. The number of carbonyl (C=O) groups is 1. The molecule has 1 fully saturated rings. The number of methoxy groups -OCH3 is 2. The van der Waals surface area contributed by atoms with Crippen LogP contribution >= 0.6 is 34.3 Å². The van der Waals surface area contributed by atoms with Gasteiger partial charge in [0.15, 0.2) is 0 Å². The Morgan fingerprint density at radius 3 is 2.12 bits per heavy atom. The van der Waals surface area contributed by atoms with Crippen LogP contribution < -0.4 is 15.2 Å². The molecule has 206 valence electrons. The van der Waals surface area contributed by atoms with Gasteiger partial charge in [-0.2, -0.15) is 0 Å². The first-order chi connectivity index (χ1) is 19.5. The number of nitrogens with two attached hydrogens (primary N) is 1. The van der Waals surface area contributed by atoms with Gasteiger partial charge in [-0.1, -0.05) is 48.0 Å². The topological polar surface area (TPSA) is 96.6 Å². The minimum Gasteiger partial charge on any atom is -0.496 e. The standard InChI is InChI=1S/C16H13ClN2OS.C14H15NO3S/c1-20-12-5-3-2-4-10(12)11-8-21-16-13(11)14(17)18-15(19-16)9-6-7-9;1-3-18-14(16)12-10(8-19-13(12)15)9-6-4-5-7-11(9)17-2/h2-5,8-9H,6-7H2,1H3;4-8H,3,15H2,1-2H3. The van der Waals surface area contributed by atoms with Crippen LogP contribution in [0.25, 0.3) is 32.5 Å². The molecular formula is C30H28ClN3O4S2. The fourth-order valence-electron chi connectivity index (χ4n) is 4.36. The van der Waals surface area contributed by atoms with E-state index in [-0.39, 0.29) is 0 Å². The quantitative estimate of drug-likeness (QED) is 0.150. The maximum atomic E-state index is 12.0. The number of aromatic nitrogens is 2. The monoisotopic (exact) mass is 593 g/mol. The number of esters is 1. The van der Waals surface area contributed by atoms with Crippen LogP contribution in [0.15, 0.2) is 59.3 Å². The molecule has 0 aliphatic heterocycles. The lowest BCUT2D eigenvalue weighted by atomic mass is 10.0. The van der Waals surface area contributed by atoms with Crippen LogP contribution in [-0.4, -0.2) is 36.8 Å². The van der Waals surface area contributed by atoms with Crippen molar-refractivity contribution in [2.75, 3.05) is 26.6 Å². The van der Waals surface area contributed by atoms with Gasteiger partial charge in [0.25, 0.3) is 0 Å². The molecule has 2 aromatic carbocycles. The molecular weight excluding hydrogens is 566 g/mol. The van der Waals surface area contributed by atoms with E-state index < -0.39 is 5.97 Å². The number of fused-ring (bicyclic) bond motifs is 1. The molecule has 0 amide bonds. The number of halogens is 1. The van der Waals surface area contributed by atoms with Crippen molar-refractivity contribution in [3.05, 3.63) is 75.8 Å². The molecule has 1 aliphatic carbocycles. The van der Waals surface area contributed by atoms with Gasteiger partial charge in [0, 0.05) is 38.9 Å². The lowest BCUT2D eigenvalue weighted by Crippen LogP contribution is -2.07. The number of hydrogen-bond donors (Lipinski definition) is 1. The SMILES string of the molecule is CCOC(=O)c1c(-c2ccccc2OC)csc1N.COc1ccccc1-c1csc2nc(C3CC3)nc(Cl)c12. The molecule has 40 heavy (non-hydrogen) atoms.